The number of amides is 1. The molecule has 1 unspecified atom stereocenters. The molecule has 1 fully saturated rings. The number of carbonyl (C=O) groups is 1. The van der Waals surface area contributed by atoms with Crippen molar-refractivity contribution in [3.63, 3.8) is 0 Å². The van der Waals surface area contributed by atoms with Crippen molar-refractivity contribution in [3.8, 4) is 0 Å². The van der Waals surface area contributed by atoms with Crippen LogP contribution in [0.4, 0.5) is 5.69 Å². The molecular formula is C15H21ClN2O. The third kappa shape index (κ3) is 3.41. The molecule has 104 valence electrons. The van der Waals surface area contributed by atoms with Gasteiger partial charge in [0.15, 0.2) is 0 Å². The van der Waals surface area contributed by atoms with Crippen molar-refractivity contribution in [1.82, 2.24) is 4.90 Å². The first-order valence-electron chi connectivity index (χ1n) is 6.91. The first-order valence-corrected chi connectivity index (χ1v) is 7.29. The molecule has 0 aliphatic carbocycles. The molecule has 1 atom stereocenters. The second kappa shape index (κ2) is 6.29. The van der Waals surface area contributed by atoms with Crippen molar-refractivity contribution in [2.24, 2.45) is 5.92 Å². The molecule has 1 aliphatic heterocycles. The summed E-state index contributed by atoms with van der Waals surface area (Å²) in [6.07, 6.45) is 0.910. The lowest BCUT2D eigenvalue weighted by Gasteiger charge is -2.37. The fraction of sp³-hybridized carbons (Fsp3) is 0.533. The van der Waals surface area contributed by atoms with Gasteiger partial charge < -0.3 is 9.80 Å². The quantitative estimate of drug-likeness (QED) is 0.850. The van der Waals surface area contributed by atoms with Crippen LogP contribution in [0, 0.1) is 5.92 Å². The average Bonchev–Trinajstić information content (AvgIpc) is 2.46. The van der Waals surface area contributed by atoms with E-state index in [4.69, 9.17) is 11.6 Å². The molecule has 1 saturated heterocycles. The van der Waals surface area contributed by atoms with Crippen LogP contribution in [-0.4, -0.2) is 37.0 Å². The Kier molecular flexibility index (Phi) is 4.70. The zero-order valence-electron chi connectivity index (χ0n) is 11.6. The molecule has 0 bridgehead atoms. The zero-order chi connectivity index (χ0) is 13.8. The first-order chi connectivity index (χ1) is 9.11. The molecule has 0 spiro atoms. The van der Waals surface area contributed by atoms with Crippen LogP contribution in [0.25, 0.3) is 0 Å². The SMILES string of the molecule is CCC(C)C(=O)N1CCN(c2cccc(Cl)c2)CC1. The molecular weight excluding hydrogens is 260 g/mol. The third-order valence-corrected chi connectivity index (χ3v) is 4.03. The summed E-state index contributed by atoms with van der Waals surface area (Å²) in [7, 11) is 0. The van der Waals surface area contributed by atoms with Crippen molar-refractivity contribution in [1.29, 1.82) is 0 Å². The number of hydrogen-bond donors (Lipinski definition) is 0. The Bertz CT molecular complexity index is 442. The van der Waals surface area contributed by atoms with E-state index in [1.54, 1.807) is 0 Å². The Morgan fingerprint density at radius 1 is 1.32 bits per heavy atom. The van der Waals surface area contributed by atoms with Gasteiger partial charge in [0, 0.05) is 42.8 Å². The molecule has 1 amide bonds. The maximum atomic E-state index is 12.1. The van der Waals surface area contributed by atoms with Crippen molar-refractivity contribution < 1.29 is 4.79 Å². The maximum Gasteiger partial charge on any atom is 0.225 e. The zero-order valence-corrected chi connectivity index (χ0v) is 12.4. The lowest BCUT2D eigenvalue weighted by atomic mass is 10.1. The number of nitrogens with zero attached hydrogens (tertiary/aromatic N) is 2. The van der Waals surface area contributed by atoms with Gasteiger partial charge in [0.1, 0.15) is 0 Å². The number of piperazine rings is 1. The minimum atomic E-state index is 0.137. The highest BCUT2D eigenvalue weighted by molar-refractivity contribution is 6.30. The van der Waals surface area contributed by atoms with Gasteiger partial charge in [0.25, 0.3) is 0 Å². The molecule has 4 heteroatoms. The summed E-state index contributed by atoms with van der Waals surface area (Å²) in [5.41, 5.74) is 1.14. The molecule has 1 aliphatic rings. The van der Waals surface area contributed by atoms with Crippen LogP contribution in [0.15, 0.2) is 24.3 Å². The summed E-state index contributed by atoms with van der Waals surface area (Å²) in [5, 5.41) is 0.760. The van der Waals surface area contributed by atoms with Crippen molar-refractivity contribution in [2.75, 3.05) is 31.1 Å². The van der Waals surface area contributed by atoms with E-state index in [-0.39, 0.29) is 11.8 Å². The standard InChI is InChI=1S/C15H21ClN2O/c1-3-12(2)15(19)18-9-7-17(8-10-18)14-6-4-5-13(16)11-14/h4-6,11-12H,3,7-10H2,1-2H3. The Balaban J connectivity index is 1.94. The number of hydrogen-bond acceptors (Lipinski definition) is 2. The van der Waals surface area contributed by atoms with Crippen LogP contribution < -0.4 is 4.90 Å². The molecule has 1 aromatic rings. The highest BCUT2D eigenvalue weighted by Crippen LogP contribution is 2.21. The molecule has 0 saturated carbocycles. The second-order valence-electron chi connectivity index (χ2n) is 5.10. The molecule has 1 aromatic carbocycles. The predicted molar refractivity (Wildman–Crippen MR) is 79.7 cm³/mol. The number of benzene rings is 1. The summed E-state index contributed by atoms with van der Waals surface area (Å²) in [6, 6.07) is 7.90. The molecule has 0 N–H and O–H groups in total. The molecule has 1 heterocycles. The maximum absolute atomic E-state index is 12.1. The summed E-state index contributed by atoms with van der Waals surface area (Å²) in [5.74, 6) is 0.422. The van der Waals surface area contributed by atoms with Crippen molar-refractivity contribution in [3.05, 3.63) is 29.3 Å². The van der Waals surface area contributed by atoms with E-state index in [2.05, 4.69) is 17.9 Å². The number of carbonyl (C=O) groups excluding carboxylic acids is 1. The van der Waals surface area contributed by atoms with Gasteiger partial charge in [0.05, 0.1) is 0 Å². The van der Waals surface area contributed by atoms with E-state index in [9.17, 15) is 4.79 Å². The lowest BCUT2D eigenvalue weighted by molar-refractivity contribution is -0.135. The van der Waals surface area contributed by atoms with Crippen molar-refractivity contribution in [2.45, 2.75) is 20.3 Å². The van der Waals surface area contributed by atoms with Gasteiger partial charge in [-0.1, -0.05) is 31.5 Å². The number of rotatable bonds is 3. The van der Waals surface area contributed by atoms with Crippen LogP contribution in [0.2, 0.25) is 5.02 Å². The van der Waals surface area contributed by atoms with E-state index in [0.29, 0.717) is 0 Å². The Hall–Kier alpha value is -1.22. The van der Waals surface area contributed by atoms with Crippen LogP contribution in [-0.2, 0) is 4.79 Å². The number of halogens is 1. The van der Waals surface area contributed by atoms with E-state index in [1.165, 1.54) is 0 Å². The van der Waals surface area contributed by atoms with E-state index in [1.807, 2.05) is 30.0 Å². The van der Waals surface area contributed by atoms with E-state index >= 15 is 0 Å². The molecule has 3 nitrogen and oxygen atoms in total. The van der Waals surface area contributed by atoms with Gasteiger partial charge in [0.2, 0.25) is 5.91 Å². The van der Waals surface area contributed by atoms with E-state index < -0.39 is 0 Å². The fourth-order valence-corrected chi connectivity index (χ4v) is 2.53. The number of anilines is 1. The summed E-state index contributed by atoms with van der Waals surface area (Å²) < 4.78 is 0. The summed E-state index contributed by atoms with van der Waals surface area (Å²) in [6.45, 7) is 7.42. The van der Waals surface area contributed by atoms with Gasteiger partial charge >= 0.3 is 0 Å². The monoisotopic (exact) mass is 280 g/mol. The molecule has 0 radical (unpaired) electrons. The Morgan fingerprint density at radius 2 is 2.00 bits per heavy atom. The van der Waals surface area contributed by atoms with Gasteiger partial charge in [-0.2, -0.15) is 0 Å². The Morgan fingerprint density at radius 3 is 2.58 bits per heavy atom. The highest BCUT2D eigenvalue weighted by Gasteiger charge is 2.24. The van der Waals surface area contributed by atoms with Crippen LogP contribution in [0.5, 0.6) is 0 Å². The average molecular weight is 281 g/mol. The molecule has 19 heavy (non-hydrogen) atoms. The van der Waals surface area contributed by atoms with Crippen molar-refractivity contribution >= 4 is 23.2 Å². The first kappa shape index (κ1) is 14.2. The van der Waals surface area contributed by atoms with Gasteiger partial charge in [-0.15, -0.1) is 0 Å². The van der Waals surface area contributed by atoms with E-state index in [0.717, 1.165) is 43.3 Å². The molecule has 0 aromatic heterocycles. The van der Waals surface area contributed by atoms with Gasteiger partial charge in [-0.25, -0.2) is 0 Å². The summed E-state index contributed by atoms with van der Waals surface area (Å²) >= 11 is 6.01. The lowest BCUT2D eigenvalue weighted by Crippen LogP contribution is -2.50. The van der Waals surface area contributed by atoms with Gasteiger partial charge in [-0.3, -0.25) is 4.79 Å². The third-order valence-electron chi connectivity index (χ3n) is 3.80. The van der Waals surface area contributed by atoms with Crippen LogP contribution in [0.1, 0.15) is 20.3 Å². The summed E-state index contributed by atoms with van der Waals surface area (Å²) in [4.78, 5) is 16.4. The fourth-order valence-electron chi connectivity index (χ4n) is 2.34. The van der Waals surface area contributed by atoms with Crippen LogP contribution in [0.3, 0.4) is 0 Å². The normalized spacial score (nSPS) is 17.4. The molecule has 2 rings (SSSR count). The largest absolute Gasteiger partial charge is 0.368 e. The Labute approximate surface area is 120 Å². The smallest absolute Gasteiger partial charge is 0.225 e. The topological polar surface area (TPSA) is 23.6 Å². The van der Waals surface area contributed by atoms with Crippen LogP contribution >= 0.6 is 11.6 Å². The minimum absolute atomic E-state index is 0.137. The van der Waals surface area contributed by atoms with Gasteiger partial charge in [-0.05, 0) is 24.6 Å². The minimum Gasteiger partial charge on any atom is -0.368 e. The second-order valence-corrected chi connectivity index (χ2v) is 5.54. The predicted octanol–water partition coefficient (Wildman–Crippen LogP) is 3.03. The highest BCUT2D eigenvalue weighted by atomic mass is 35.5.